The van der Waals surface area contributed by atoms with Gasteiger partial charge in [0.25, 0.3) is 0 Å². The topological polar surface area (TPSA) is 135 Å². The van der Waals surface area contributed by atoms with E-state index in [4.69, 9.17) is 62.8 Å². The first kappa shape index (κ1) is 37.7. The van der Waals surface area contributed by atoms with Gasteiger partial charge >= 0.3 is 187 Å². The molecule has 1 rings (SSSR count). The molecule has 0 N–H and O–H groups in total. The van der Waals surface area contributed by atoms with Crippen LogP contribution in [0.5, 0.6) is 0 Å². The summed E-state index contributed by atoms with van der Waals surface area (Å²) in [5.41, 5.74) is 1.30. The van der Waals surface area contributed by atoms with Crippen molar-refractivity contribution in [2.24, 2.45) is 0 Å². The molecule has 1 aromatic heterocycles. The molecule has 0 aliphatic heterocycles. The van der Waals surface area contributed by atoms with Gasteiger partial charge in [-0.05, 0) is 0 Å². The van der Waals surface area contributed by atoms with Crippen LogP contribution in [0.1, 0.15) is 37.9 Å². The molecule has 1 aromatic rings. The Bertz CT molecular complexity index is 639. The van der Waals surface area contributed by atoms with E-state index in [0.717, 1.165) is 11.3 Å². The maximum absolute atomic E-state index is 7.50. The minimum absolute atomic E-state index is 0.157. The molecule has 12 heteroatoms. The zero-order chi connectivity index (χ0) is 24.1. The number of nitrogens with zero attached hydrogens (tertiary/aromatic N) is 2. The van der Waals surface area contributed by atoms with Gasteiger partial charge in [-0.2, -0.15) is 0 Å². The van der Waals surface area contributed by atoms with E-state index >= 15 is 0 Å². The predicted molar refractivity (Wildman–Crippen MR) is 90.7 cm³/mol. The van der Waals surface area contributed by atoms with Gasteiger partial charge in [-0.15, -0.1) is 0 Å². The third-order valence-corrected chi connectivity index (χ3v) is 3.27. The van der Waals surface area contributed by atoms with E-state index < -0.39 is 3.79 Å². The molecule has 0 aromatic carbocycles. The third kappa shape index (κ3) is 16.0. The van der Waals surface area contributed by atoms with E-state index in [1.54, 1.807) is 13.3 Å². The van der Waals surface area contributed by atoms with Gasteiger partial charge in [-0.3, -0.25) is 0 Å². The second kappa shape index (κ2) is 22.3. The first-order valence-electron chi connectivity index (χ1n) is 6.12. The molecule has 0 saturated carbocycles. The van der Waals surface area contributed by atoms with Gasteiger partial charge in [0.05, 0.1) is 0 Å². The van der Waals surface area contributed by atoms with Crippen molar-refractivity contribution >= 4 is 39.4 Å². The molecule has 0 bridgehead atoms. The second-order valence-corrected chi connectivity index (χ2v) is 7.56. The molecular formula is C16H13Cl3CrN2O6. The summed E-state index contributed by atoms with van der Waals surface area (Å²) in [5, 5.41) is 0. The first-order chi connectivity index (χ1) is 13.1. The summed E-state index contributed by atoms with van der Waals surface area (Å²) in [6.45, 7) is 28.6. The Hall–Kier alpha value is -0.988. The zero-order valence-corrected chi connectivity index (χ0v) is 18.5. The molecule has 0 amide bonds. The summed E-state index contributed by atoms with van der Waals surface area (Å²) in [4.78, 5) is 8.42. The van der Waals surface area contributed by atoms with Crippen molar-refractivity contribution in [2.75, 3.05) is 7.11 Å². The van der Waals surface area contributed by atoms with Gasteiger partial charge in [0.15, 0.2) is 0 Å². The number of halogens is 3. The summed E-state index contributed by atoms with van der Waals surface area (Å²) in [5.74, 6) is 0.157. The van der Waals surface area contributed by atoms with Crippen LogP contribution in [0.25, 0.3) is 0 Å². The van der Waals surface area contributed by atoms with E-state index in [1.807, 2.05) is 20.8 Å². The summed E-state index contributed by atoms with van der Waals surface area (Å²) >= 11 is 20.2. The molecule has 0 aliphatic rings. The molecule has 150 valence electrons. The molecule has 0 radical (unpaired) electrons. The van der Waals surface area contributed by atoms with E-state index in [1.165, 1.54) is 0 Å². The molecule has 8 nitrogen and oxygen atoms in total. The van der Waals surface area contributed by atoms with Gasteiger partial charge in [0, 0.05) is 0 Å². The van der Waals surface area contributed by atoms with Crippen molar-refractivity contribution < 1.29 is 43.8 Å². The van der Waals surface area contributed by atoms with E-state index in [2.05, 4.69) is 59.1 Å². The number of rotatable bonds is 2. The van der Waals surface area contributed by atoms with Gasteiger partial charge < -0.3 is 0 Å². The van der Waals surface area contributed by atoms with Crippen LogP contribution in [0.4, 0.5) is 0 Å². The van der Waals surface area contributed by atoms with Crippen molar-refractivity contribution in [3.63, 3.8) is 0 Å². The molecule has 0 fully saturated rings. The number of ether oxygens (including phenoxy) is 1. The Balaban J connectivity index is -0.000000153. The monoisotopic (exact) mass is 486 g/mol. The average molecular weight is 488 g/mol. The molecule has 0 spiro atoms. The van der Waals surface area contributed by atoms with Gasteiger partial charge in [-0.25, -0.2) is 0 Å². The van der Waals surface area contributed by atoms with Crippen LogP contribution in [-0.4, -0.2) is 21.6 Å². The Morgan fingerprint density at radius 1 is 0.929 bits per heavy atom. The van der Waals surface area contributed by atoms with Crippen LogP contribution in [0.2, 0.25) is 0 Å². The molecular weight excluding hydrogens is 475 g/mol. The fraction of sp³-hybridized carbons (Fsp3) is 0.375. The Kier molecular flexibility index (Phi) is 30.0. The van der Waals surface area contributed by atoms with Crippen LogP contribution in [0.15, 0.2) is 6.20 Å². The number of aromatic nitrogens is 2. The Morgan fingerprint density at radius 3 is 1.54 bits per heavy atom. The standard InChI is InChI=1S/C11H13Cl3N2O.5CO.Cr/c1-10(2,3)8-7(6-17-4)5-15-9(16-8)11(12,13)14;5*1-2;/h5H,1-4H3;;;;;;. The van der Waals surface area contributed by atoms with Crippen LogP contribution in [-0.2, 0) is 53.1 Å². The molecule has 1 heterocycles. The molecule has 0 saturated heterocycles. The van der Waals surface area contributed by atoms with Crippen molar-refractivity contribution in [1.82, 2.24) is 9.97 Å². The number of hydrogen-bond donors (Lipinski definition) is 0. The van der Waals surface area contributed by atoms with Crippen molar-refractivity contribution in [3.05, 3.63) is 56.5 Å². The van der Waals surface area contributed by atoms with E-state index in [9.17, 15) is 0 Å². The summed E-state index contributed by atoms with van der Waals surface area (Å²) in [6, 6.07) is 0. The molecule has 28 heavy (non-hydrogen) atoms. The first-order valence-corrected chi connectivity index (χ1v) is 7.89. The van der Waals surface area contributed by atoms with Crippen LogP contribution >= 0.6 is 34.8 Å². The second-order valence-electron chi connectivity index (χ2n) is 4.70. The van der Waals surface area contributed by atoms with Crippen LogP contribution < -0.4 is 0 Å². The SMILES string of the molecule is CO[C](=[Cr])c1cnc(C(Cl)(Cl)Cl)nc1C(C)(C)C.[C-]#[O+].[C-]#[O+].[C-]#[O+].[C-]#[O+].[C-]#[O+]. The normalized spacial score (nSPS) is 8.46. The fourth-order valence-corrected chi connectivity index (χ4v) is 1.86. The predicted octanol–water partition coefficient (Wildman–Crippen LogP) is 3.08. The summed E-state index contributed by atoms with van der Waals surface area (Å²) in [7, 11) is 1.57. The molecule has 0 aliphatic carbocycles. The third-order valence-electron chi connectivity index (χ3n) is 2.16. The van der Waals surface area contributed by atoms with Crippen molar-refractivity contribution in [1.29, 1.82) is 0 Å². The van der Waals surface area contributed by atoms with Crippen molar-refractivity contribution in [3.8, 4) is 0 Å². The molecule has 0 unspecified atom stereocenters. The van der Waals surface area contributed by atoms with Crippen LogP contribution in [0, 0.1) is 33.3 Å². The maximum atomic E-state index is 7.50. The molecule has 0 atom stereocenters. The fourth-order valence-electron chi connectivity index (χ4n) is 1.35. The number of alkyl halides is 3. The van der Waals surface area contributed by atoms with Crippen molar-refractivity contribution in [2.45, 2.75) is 30.0 Å². The van der Waals surface area contributed by atoms with Gasteiger partial charge in [-0.1, -0.05) is 0 Å². The summed E-state index contributed by atoms with van der Waals surface area (Å²) < 4.78 is 41.7. The zero-order valence-electron chi connectivity index (χ0n) is 15.0. The van der Waals surface area contributed by atoms with E-state index in [0.29, 0.717) is 4.57 Å². The number of hydrogen-bond acceptors (Lipinski definition) is 3. The van der Waals surface area contributed by atoms with Gasteiger partial charge in [0.2, 0.25) is 0 Å². The van der Waals surface area contributed by atoms with Crippen LogP contribution in [0.3, 0.4) is 0 Å². The summed E-state index contributed by atoms with van der Waals surface area (Å²) in [6.07, 6.45) is 1.60. The minimum atomic E-state index is -1.64. The quantitative estimate of drug-likeness (QED) is 0.360. The van der Waals surface area contributed by atoms with Gasteiger partial charge in [0.1, 0.15) is 0 Å². The Labute approximate surface area is 186 Å². The number of methoxy groups -OCH3 is 1. The van der Waals surface area contributed by atoms with E-state index in [-0.39, 0.29) is 11.2 Å². The Morgan fingerprint density at radius 2 is 1.29 bits per heavy atom. The average Bonchev–Trinajstić information content (AvgIpc) is 2.73.